The SMILES string of the molecule is COc1ccc2cc(CNC(=O)[C@H](C)NS(=O)(=O)c3c(C)noc3C)ccc2c1. The van der Waals surface area contributed by atoms with Gasteiger partial charge in [-0.15, -0.1) is 0 Å². The lowest BCUT2D eigenvalue weighted by molar-refractivity contribution is -0.122. The highest BCUT2D eigenvalue weighted by Crippen LogP contribution is 2.22. The molecule has 0 aliphatic heterocycles. The first-order valence-corrected chi connectivity index (χ1v) is 10.5. The normalized spacial score (nSPS) is 12.7. The number of carbonyl (C=O) groups excluding carboxylic acids is 1. The highest BCUT2D eigenvalue weighted by atomic mass is 32.2. The molecule has 9 heteroatoms. The summed E-state index contributed by atoms with van der Waals surface area (Å²) in [4.78, 5) is 12.3. The minimum atomic E-state index is -3.92. The second kappa shape index (κ2) is 8.22. The van der Waals surface area contributed by atoms with Crippen LogP contribution < -0.4 is 14.8 Å². The Morgan fingerprint density at radius 3 is 2.52 bits per heavy atom. The van der Waals surface area contributed by atoms with E-state index >= 15 is 0 Å². The van der Waals surface area contributed by atoms with Gasteiger partial charge in [-0.3, -0.25) is 4.79 Å². The van der Waals surface area contributed by atoms with Crippen molar-refractivity contribution in [3.8, 4) is 5.75 Å². The summed E-state index contributed by atoms with van der Waals surface area (Å²) < 4.78 is 37.5. The molecule has 0 fully saturated rings. The molecule has 0 spiro atoms. The maximum atomic E-state index is 12.5. The second-order valence-electron chi connectivity index (χ2n) is 6.76. The number of carbonyl (C=O) groups is 1. The molecule has 154 valence electrons. The largest absolute Gasteiger partial charge is 0.497 e. The Bertz CT molecular complexity index is 1130. The topological polar surface area (TPSA) is 111 Å². The smallest absolute Gasteiger partial charge is 0.246 e. The number of methoxy groups -OCH3 is 1. The van der Waals surface area contributed by atoms with E-state index < -0.39 is 22.0 Å². The molecular formula is C20H23N3O5S. The number of aryl methyl sites for hydroxylation is 2. The van der Waals surface area contributed by atoms with E-state index in [1.807, 2.05) is 36.4 Å². The highest BCUT2D eigenvalue weighted by molar-refractivity contribution is 7.89. The molecule has 2 N–H and O–H groups in total. The summed E-state index contributed by atoms with van der Waals surface area (Å²) in [5.74, 6) is 0.517. The fourth-order valence-electron chi connectivity index (χ4n) is 3.06. The maximum Gasteiger partial charge on any atom is 0.246 e. The molecule has 0 aliphatic rings. The molecule has 1 aromatic heterocycles. The molecule has 0 saturated heterocycles. The van der Waals surface area contributed by atoms with Crippen molar-refractivity contribution in [3.05, 3.63) is 53.4 Å². The van der Waals surface area contributed by atoms with Gasteiger partial charge in [0, 0.05) is 6.54 Å². The van der Waals surface area contributed by atoms with Crippen LogP contribution in [0.2, 0.25) is 0 Å². The number of rotatable bonds is 7. The molecule has 1 amide bonds. The third-order valence-corrected chi connectivity index (χ3v) is 6.32. The second-order valence-corrected chi connectivity index (χ2v) is 8.41. The van der Waals surface area contributed by atoms with Crippen molar-refractivity contribution in [1.29, 1.82) is 0 Å². The zero-order valence-electron chi connectivity index (χ0n) is 16.6. The average Bonchev–Trinajstić information content (AvgIpc) is 3.04. The molecule has 0 unspecified atom stereocenters. The molecule has 3 rings (SSSR count). The van der Waals surface area contributed by atoms with Crippen molar-refractivity contribution in [3.63, 3.8) is 0 Å². The quantitative estimate of drug-likeness (QED) is 0.611. The van der Waals surface area contributed by atoms with Gasteiger partial charge >= 0.3 is 0 Å². The third-order valence-electron chi connectivity index (χ3n) is 4.54. The first kappa shape index (κ1) is 20.8. The Morgan fingerprint density at radius 1 is 1.17 bits per heavy atom. The summed E-state index contributed by atoms with van der Waals surface area (Å²) in [5, 5.41) is 8.44. The van der Waals surface area contributed by atoms with Crippen molar-refractivity contribution in [2.75, 3.05) is 7.11 Å². The van der Waals surface area contributed by atoms with Crippen LogP contribution in [-0.4, -0.2) is 32.6 Å². The van der Waals surface area contributed by atoms with Gasteiger partial charge in [-0.05, 0) is 55.3 Å². The number of nitrogens with zero attached hydrogens (tertiary/aromatic N) is 1. The number of aromatic nitrogens is 1. The molecule has 0 saturated carbocycles. The molecular weight excluding hydrogens is 394 g/mol. The number of hydrogen-bond donors (Lipinski definition) is 2. The Hall–Kier alpha value is -2.91. The summed E-state index contributed by atoms with van der Waals surface area (Å²) in [6.07, 6.45) is 0. The van der Waals surface area contributed by atoms with Gasteiger partial charge in [0.05, 0.1) is 13.2 Å². The van der Waals surface area contributed by atoms with E-state index in [9.17, 15) is 13.2 Å². The van der Waals surface area contributed by atoms with Crippen molar-refractivity contribution in [2.45, 2.75) is 38.3 Å². The number of ether oxygens (including phenoxy) is 1. The van der Waals surface area contributed by atoms with Crippen molar-refractivity contribution in [2.24, 2.45) is 0 Å². The van der Waals surface area contributed by atoms with Gasteiger partial charge in [-0.25, -0.2) is 8.42 Å². The van der Waals surface area contributed by atoms with Gasteiger partial charge in [-0.1, -0.05) is 23.4 Å². The van der Waals surface area contributed by atoms with E-state index in [1.165, 1.54) is 20.8 Å². The molecule has 2 aromatic carbocycles. The van der Waals surface area contributed by atoms with Gasteiger partial charge in [0.15, 0.2) is 5.76 Å². The van der Waals surface area contributed by atoms with E-state index in [0.29, 0.717) is 0 Å². The fraction of sp³-hybridized carbons (Fsp3) is 0.300. The van der Waals surface area contributed by atoms with Crippen LogP contribution in [0.5, 0.6) is 5.75 Å². The predicted molar refractivity (Wildman–Crippen MR) is 108 cm³/mol. The minimum absolute atomic E-state index is 0.0397. The Balaban J connectivity index is 1.65. The van der Waals surface area contributed by atoms with Crippen LogP contribution >= 0.6 is 0 Å². The molecule has 8 nitrogen and oxygen atoms in total. The van der Waals surface area contributed by atoms with Crippen molar-refractivity contribution in [1.82, 2.24) is 15.2 Å². The van der Waals surface area contributed by atoms with E-state index in [4.69, 9.17) is 9.26 Å². The summed E-state index contributed by atoms with van der Waals surface area (Å²) in [6.45, 7) is 4.80. The van der Waals surface area contributed by atoms with Crippen LogP contribution in [0.25, 0.3) is 10.8 Å². The lowest BCUT2D eigenvalue weighted by atomic mass is 10.1. The summed E-state index contributed by atoms with van der Waals surface area (Å²) in [6, 6.07) is 10.6. The zero-order valence-corrected chi connectivity index (χ0v) is 17.5. The summed E-state index contributed by atoms with van der Waals surface area (Å²) in [7, 11) is -2.30. The summed E-state index contributed by atoms with van der Waals surface area (Å²) in [5.41, 5.74) is 1.15. The van der Waals surface area contributed by atoms with E-state index in [0.717, 1.165) is 22.1 Å². The van der Waals surface area contributed by atoms with Crippen molar-refractivity contribution >= 4 is 26.7 Å². The zero-order chi connectivity index (χ0) is 21.2. The van der Waals surface area contributed by atoms with Crippen LogP contribution in [-0.2, 0) is 21.4 Å². The van der Waals surface area contributed by atoms with Crippen molar-refractivity contribution < 1.29 is 22.5 Å². The molecule has 1 heterocycles. The molecule has 29 heavy (non-hydrogen) atoms. The molecule has 1 atom stereocenters. The van der Waals surface area contributed by atoms with Gasteiger partial charge < -0.3 is 14.6 Å². The molecule has 0 radical (unpaired) electrons. The number of benzene rings is 2. The Kier molecular flexibility index (Phi) is 5.90. The standard InChI is InChI=1S/C20H23N3O5S/c1-12-19(14(3)28-22-12)29(25,26)23-13(2)20(24)21-11-15-5-6-17-10-18(27-4)8-7-16(17)9-15/h5-10,13,23H,11H2,1-4H3,(H,21,24)/t13-/m0/s1. The number of sulfonamides is 1. The first-order chi connectivity index (χ1) is 13.7. The van der Waals surface area contributed by atoms with Gasteiger partial charge in [0.1, 0.15) is 16.3 Å². The Morgan fingerprint density at radius 2 is 1.86 bits per heavy atom. The number of nitrogens with one attached hydrogen (secondary N) is 2. The maximum absolute atomic E-state index is 12.5. The van der Waals surface area contributed by atoms with Gasteiger partial charge in [-0.2, -0.15) is 4.72 Å². The lowest BCUT2D eigenvalue weighted by Crippen LogP contribution is -2.44. The van der Waals surface area contributed by atoms with E-state index in [-0.39, 0.29) is 22.9 Å². The minimum Gasteiger partial charge on any atom is -0.497 e. The van der Waals surface area contributed by atoms with Crippen LogP contribution in [0.1, 0.15) is 23.9 Å². The van der Waals surface area contributed by atoms with Crippen LogP contribution in [0, 0.1) is 13.8 Å². The molecule has 3 aromatic rings. The first-order valence-electron chi connectivity index (χ1n) is 9.01. The van der Waals surface area contributed by atoms with Crippen LogP contribution in [0.15, 0.2) is 45.8 Å². The lowest BCUT2D eigenvalue weighted by Gasteiger charge is -2.14. The monoisotopic (exact) mass is 417 g/mol. The fourth-order valence-corrected chi connectivity index (χ4v) is 4.59. The van der Waals surface area contributed by atoms with Gasteiger partial charge in [0.25, 0.3) is 0 Å². The number of hydrogen-bond acceptors (Lipinski definition) is 6. The number of amides is 1. The third kappa shape index (κ3) is 4.57. The average molecular weight is 417 g/mol. The Labute approximate surface area is 169 Å². The summed E-state index contributed by atoms with van der Waals surface area (Å²) >= 11 is 0. The van der Waals surface area contributed by atoms with E-state index in [2.05, 4.69) is 15.2 Å². The van der Waals surface area contributed by atoms with Crippen LogP contribution in [0.4, 0.5) is 0 Å². The predicted octanol–water partition coefficient (Wildman–Crippen LogP) is 2.44. The molecule has 0 aliphatic carbocycles. The van der Waals surface area contributed by atoms with E-state index in [1.54, 1.807) is 7.11 Å². The highest BCUT2D eigenvalue weighted by Gasteiger charge is 2.28. The number of fused-ring (bicyclic) bond motifs is 1. The van der Waals surface area contributed by atoms with Crippen LogP contribution in [0.3, 0.4) is 0 Å². The van der Waals surface area contributed by atoms with Gasteiger partial charge in [0.2, 0.25) is 15.9 Å². The molecule has 0 bridgehead atoms.